The van der Waals surface area contributed by atoms with Crippen LogP contribution in [0.1, 0.15) is 36.8 Å². The Morgan fingerprint density at radius 2 is 1.14 bits per heavy atom. The van der Waals surface area contributed by atoms with Crippen LogP contribution < -0.4 is 10.9 Å². The molecule has 0 aliphatic heterocycles. The van der Waals surface area contributed by atoms with Crippen molar-refractivity contribution in [3.05, 3.63) is 71.3 Å². The Hall–Kier alpha value is -3.42. The van der Waals surface area contributed by atoms with E-state index in [1.54, 1.807) is 24.3 Å². The maximum absolute atomic E-state index is 13.4. The minimum absolute atomic E-state index is 0.181. The summed E-state index contributed by atoms with van der Waals surface area (Å²) in [4.78, 5) is 23.3. The smallest absolute Gasteiger partial charge is 0.240 e. The normalized spacial score (nSPS) is 11.1. The van der Waals surface area contributed by atoms with Crippen LogP contribution in [-0.4, -0.2) is 24.2 Å². The Balaban J connectivity index is 1.60. The highest BCUT2D eigenvalue weighted by Gasteiger charge is 2.04. The summed E-state index contributed by atoms with van der Waals surface area (Å²) < 4.78 is 26.7. The second-order valence-electron chi connectivity index (χ2n) is 5.84. The fraction of sp³-hybridized carbons (Fsp3) is 0.200. The van der Waals surface area contributed by atoms with Crippen molar-refractivity contribution in [3.8, 4) is 0 Å². The van der Waals surface area contributed by atoms with Gasteiger partial charge in [0.2, 0.25) is 11.8 Å². The number of unbranched alkanes of at least 4 members (excludes halogenated alkanes) is 1. The number of carbonyl (C=O) groups is 2. The van der Waals surface area contributed by atoms with Crippen molar-refractivity contribution in [3.63, 3.8) is 0 Å². The number of nitrogens with zero attached hydrogens (tertiary/aromatic N) is 2. The van der Waals surface area contributed by atoms with Crippen LogP contribution in [-0.2, 0) is 9.59 Å². The third-order valence-electron chi connectivity index (χ3n) is 3.65. The zero-order valence-electron chi connectivity index (χ0n) is 15.1. The summed E-state index contributed by atoms with van der Waals surface area (Å²) in [5.74, 6) is -1.51. The molecule has 0 spiro atoms. The molecule has 2 aromatic rings. The average molecular weight is 386 g/mol. The van der Waals surface area contributed by atoms with Gasteiger partial charge in [0.1, 0.15) is 11.6 Å². The highest BCUT2D eigenvalue weighted by Crippen LogP contribution is 2.04. The van der Waals surface area contributed by atoms with Crippen LogP contribution in [0.25, 0.3) is 0 Å². The lowest BCUT2D eigenvalue weighted by Crippen LogP contribution is -2.19. The lowest BCUT2D eigenvalue weighted by Gasteiger charge is -2.01. The Kier molecular flexibility index (Phi) is 8.45. The van der Waals surface area contributed by atoms with E-state index in [1.807, 2.05) is 0 Å². The monoisotopic (exact) mass is 386 g/mol. The van der Waals surface area contributed by atoms with Crippen LogP contribution in [0.3, 0.4) is 0 Å². The molecule has 0 aliphatic rings. The van der Waals surface area contributed by atoms with E-state index >= 15 is 0 Å². The molecule has 2 aromatic carbocycles. The zero-order valence-corrected chi connectivity index (χ0v) is 15.1. The predicted octanol–water partition coefficient (Wildman–Crippen LogP) is 3.13. The molecule has 146 valence electrons. The SMILES string of the molecule is O=C(CCCCC(=O)N/N=C/c1ccccc1F)N/N=C/c1ccccc1F. The number of amides is 2. The van der Waals surface area contributed by atoms with Gasteiger partial charge < -0.3 is 0 Å². The van der Waals surface area contributed by atoms with Gasteiger partial charge in [0.15, 0.2) is 0 Å². The summed E-state index contributed by atoms with van der Waals surface area (Å²) in [7, 11) is 0. The molecule has 0 unspecified atom stereocenters. The molecule has 2 rings (SSSR count). The van der Waals surface area contributed by atoms with Crippen molar-refractivity contribution in [2.24, 2.45) is 10.2 Å². The van der Waals surface area contributed by atoms with Crippen molar-refractivity contribution in [2.75, 3.05) is 0 Å². The second kappa shape index (κ2) is 11.3. The predicted molar refractivity (Wildman–Crippen MR) is 103 cm³/mol. The Morgan fingerprint density at radius 3 is 1.54 bits per heavy atom. The summed E-state index contributed by atoms with van der Waals surface area (Å²) in [5, 5.41) is 7.40. The van der Waals surface area contributed by atoms with Crippen molar-refractivity contribution < 1.29 is 18.4 Å². The topological polar surface area (TPSA) is 82.9 Å². The molecule has 0 aliphatic carbocycles. The molecule has 2 amide bonds. The molecule has 0 atom stereocenters. The molecule has 28 heavy (non-hydrogen) atoms. The number of hydrogen-bond donors (Lipinski definition) is 2. The van der Waals surface area contributed by atoms with Crippen molar-refractivity contribution in [1.82, 2.24) is 10.9 Å². The highest BCUT2D eigenvalue weighted by molar-refractivity contribution is 5.83. The van der Waals surface area contributed by atoms with Crippen LogP contribution in [0.4, 0.5) is 8.78 Å². The van der Waals surface area contributed by atoms with Gasteiger partial charge in [0.25, 0.3) is 0 Å². The Labute approximate surface area is 161 Å². The standard InChI is InChI=1S/C20H20F2N4O2/c21-17-9-3-1-7-15(17)13-23-25-19(27)11-5-6-12-20(28)26-24-14-16-8-2-4-10-18(16)22/h1-4,7-10,13-14H,5-6,11-12H2,(H,25,27)(H,26,28)/b23-13+,24-14+. The third-order valence-corrected chi connectivity index (χ3v) is 3.65. The molecule has 0 heterocycles. The van der Waals surface area contributed by atoms with Gasteiger partial charge in [-0.2, -0.15) is 10.2 Å². The number of halogens is 2. The van der Waals surface area contributed by atoms with Crippen molar-refractivity contribution >= 4 is 24.2 Å². The summed E-state index contributed by atoms with van der Waals surface area (Å²) in [6.07, 6.45) is 3.78. The van der Waals surface area contributed by atoms with Gasteiger partial charge in [-0.15, -0.1) is 0 Å². The molecule has 0 aromatic heterocycles. The molecular weight excluding hydrogens is 366 g/mol. The zero-order chi connectivity index (χ0) is 20.2. The minimum atomic E-state index is -0.427. The first-order valence-electron chi connectivity index (χ1n) is 8.69. The van der Waals surface area contributed by atoms with Gasteiger partial charge in [-0.3, -0.25) is 9.59 Å². The minimum Gasteiger partial charge on any atom is -0.273 e. The number of benzene rings is 2. The molecule has 0 fully saturated rings. The van der Waals surface area contributed by atoms with Crippen molar-refractivity contribution in [1.29, 1.82) is 0 Å². The number of hydrogen-bond acceptors (Lipinski definition) is 4. The Bertz CT molecular complexity index is 797. The van der Waals surface area contributed by atoms with E-state index in [1.165, 1.54) is 36.7 Å². The maximum Gasteiger partial charge on any atom is 0.240 e. The van der Waals surface area contributed by atoms with Crippen LogP contribution >= 0.6 is 0 Å². The lowest BCUT2D eigenvalue weighted by atomic mass is 10.2. The largest absolute Gasteiger partial charge is 0.273 e. The van der Waals surface area contributed by atoms with E-state index in [-0.39, 0.29) is 35.8 Å². The number of carbonyl (C=O) groups excluding carboxylic acids is 2. The van der Waals surface area contributed by atoms with Crippen LogP contribution in [0.15, 0.2) is 58.7 Å². The maximum atomic E-state index is 13.4. The number of hydrazone groups is 2. The van der Waals surface area contributed by atoms with Gasteiger partial charge in [0.05, 0.1) is 12.4 Å². The summed E-state index contributed by atoms with van der Waals surface area (Å²) in [6, 6.07) is 12.1. The summed E-state index contributed by atoms with van der Waals surface area (Å²) >= 11 is 0. The average Bonchev–Trinajstić information content (AvgIpc) is 2.68. The summed E-state index contributed by atoms with van der Waals surface area (Å²) in [6.45, 7) is 0. The molecule has 0 radical (unpaired) electrons. The van der Waals surface area contributed by atoms with E-state index in [2.05, 4.69) is 21.1 Å². The molecule has 0 saturated carbocycles. The number of nitrogens with one attached hydrogen (secondary N) is 2. The van der Waals surface area contributed by atoms with Gasteiger partial charge >= 0.3 is 0 Å². The number of rotatable bonds is 9. The van der Waals surface area contributed by atoms with Gasteiger partial charge in [-0.1, -0.05) is 36.4 Å². The first-order valence-corrected chi connectivity index (χ1v) is 8.69. The Morgan fingerprint density at radius 1 is 0.750 bits per heavy atom. The van der Waals surface area contributed by atoms with Crippen LogP contribution in [0.5, 0.6) is 0 Å². The molecule has 8 heteroatoms. The molecular formula is C20H20F2N4O2. The summed E-state index contributed by atoms with van der Waals surface area (Å²) in [5.41, 5.74) is 5.16. The van der Waals surface area contributed by atoms with Gasteiger partial charge in [0, 0.05) is 24.0 Å². The third kappa shape index (κ3) is 7.45. The van der Waals surface area contributed by atoms with Gasteiger partial charge in [-0.05, 0) is 25.0 Å². The van der Waals surface area contributed by atoms with Crippen LogP contribution in [0, 0.1) is 11.6 Å². The quantitative estimate of drug-likeness (QED) is 0.394. The fourth-order valence-corrected chi connectivity index (χ4v) is 2.19. The molecule has 2 N–H and O–H groups in total. The first kappa shape index (κ1) is 20.9. The van der Waals surface area contributed by atoms with Gasteiger partial charge in [-0.25, -0.2) is 19.6 Å². The van der Waals surface area contributed by atoms with E-state index in [4.69, 9.17) is 0 Å². The first-order chi connectivity index (χ1) is 13.6. The lowest BCUT2D eigenvalue weighted by molar-refractivity contribution is -0.123. The van der Waals surface area contributed by atoms with E-state index < -0.39 is 11.6 Å². The molecule has 6 nitrogen and oxygen atoms in total. The fourth-order valence-electron chi connectivity index (χ4n) is 2.19. The molecule has 0 saturated heterocycles. The highest BCUT2D eigenvalue weighted by atomic mass is 19.1. The van der Waals surface area contributed by atoms with E-state index in [0.717, 1.165) is 0 Å². The van der Waals surface area contributed by atoms with E-state index in [9.17, 15) is 18.4 Å². The second-order valence-corrected chi connectivity index (χ2v) is 5.84. The van der Waals surface area contributed by atoms with Crippen LogP contribution in [0.2, 0.25) is 0 Å². The van der Waals surface area contributed by atoms with E-state index in [0.29, 0.717) is 12.8 Å². The molecule has 0 bridgehead atoms. The van der Waals surface area contributed by atoms with Crippen molar-refractivity contribution in [2.45, 2.75) is 25.7 Å².